The summed E-state index contributed by atoms with van der Waals surface area (Å²) in [5.41, 5.74) is 11.0. The number of nitrogens with two attached hydrogens (primary N) is 1. The van der Waals surface area contributed by atoms with Gasteiger partial charge in [0, 0.05) is 6.20 Å². The summed E-state index contributed by atoms with van der Waals surface area (Å²) in [5.74, 6) is 0. The van der Waals surface area contributed by atoms with E-state index in [-0.39, 0.29) is 6.04 Å². The van der Waals surface area contributed by atoms with Gasteiger partial charge in [-0.05, 0) is 37.1 Å². The summed E-state index contributed by atoms with van der Waals surface area (Å²) in [5, 5.41) is 4.40. The van der Waals surface area contributed by atoms with Crippen LogP contribution in [0.1, 0.15) is 22.9 Å². The molecule has 2 N–H and O–H groups in total. The molecule has 0 bridgehead atoms. The van der Waals surface area contributed by atoms with Crippen molar-refractivity contribution in [3.63, 3.8) is 0 Å². The fraction of sp³-hybridized carbons (Fsp3) is 0.167. The van der Waals surface area contributed by atoms with Gasteiger partial charge in [-0.1, -0.05) is 48.0 Å². The van der Waals surface area contributed by atoms with Crippen molar-refractivity contribution in [3.05, 3.63) is 83.7 Å². The van der Waals surface area contributed by atoms with Crippen LogP contribution in [0.5, 0.6) is 0 Å². The van der Waals surface area contributed by atoms with E-state index in [0.29, 0.717) is 0 Å². The highest BCUT2D eigenvalue weighted by molar-refractivity contribution is 5.33. The molecule has 3 aromatic rings. The van der Waals surface area contributed by atoms with Gasteiger partial charge in [-0.2, -0.15) is 5.10 Å². The molecule has 1 aromatic heterocycles. The standard InChI is InChI=1S/C18H19N3/c1-14-7-9-15(10-8-14)13-17(19)18-11-12-20-21(18)16-5-3-2-4-6-16/h2-12,17H,13,19H2,1H3. The van der Waals surface area contributed by atoms with Crippen LogP contribution in [0.2, 0.25) is 0 Å². The summed E-state index contributed by atoms with van der Waals surface area (Å²) < 4.78 is 1.92. The van der Waals surface area contributed by atoms with Crippen molar-refractivity contribution in [2.24, 2.45) is 5.73 Å². The molecule has 0 saturated carbocycles. The monoisotopic (exact) mass is 277 g/mol. The molecular weight excluding hydrogens is 258 g/mol. The van der Waals surface area contributed by atoms with Crippen LogP contribution in [-0.2, 0) is 6.42 Å². The molecule has 1 heterocycles. The predicted molar refractivity (Wildman–Crippen MR) is 85.4 cm³/mol. The first-order chi connectivity index (χ1) is 10.2. The first kappa shape index (κ1) is 13.6. The lowest BCUT2D eigenvalue weighted by atomic mass is 10.0. The molecule has 0 radical (unpaired) electrons. The van der Waals surface area contributed by atoms with Crippen LogP contribution in [0.15, 0.2) is 66.9 Å². The van der Waals surface area contributed by atoms with E-state index < -0.39 is 0 Å². The fourth-order valence-corrected chi connectivity index (χ4v) is 2.46. The first-order valence-corrected chi connectivity index (χ1v) is 7.14. The largest absolute Gasteiger partial charge is 0.322 e. The molecule has 0 fully saturated rings. The smallest absolute Gasteiger partial charge is 0.0649 e. The van der Waals surface area contributed by atoms with Gasteiger partial charge in [0.1, 0.15) is 0 Å². The fourth-order valence-electron chi connectivity index (χ4n) is 2.46. The number of rotatable bonds is 4. The van der Waals surface area contributed by atoms with Gasteiger partial charge in [0.05, 0.1) is 17.4 Å². The molecule has 0 spiro atoms. The summed E-state index contributed by atoms with van der Waals surface area (Å²) in [4.78, 5) is 0. The maximum absolute atomic E-state index is 6.39. The zero-order valence-electron chi connectivity index (χ0n) is 12.1. The summed E-state index contributed by atoms with van der Waals surface area (Å²) in [6.07, 6.45) is 2.61. The van der Waals surface area contributed by atoms with Gasteiger partial charge in [0.25, 0.3) is 0 Å². The molecule has 3 heteroatoms. The van der Waals surface area contributed by atoms with Gasteiger partial charge in [-0.3, -0.25) is 0 Å². The van der Waals surface area contributed by atoms with E-state index in [9.17, 15) is 0 Å². The summed E-state index contributed by atoms with van der Waals surface area (Å²) in [6.45, 7) is 2.09. The lowest BCUT2D eigenvalue weighted by Gasteiger charge is -2.14. The Kier molecular flexibility index (Phi) is 3.84. The van der Waals surface area contributed by atoms with Crippen LogP contribution in [0, 0.1) is 6.92 Å². The van der Waals surface area contributed by atoms with Crippen LogP contribution in [0.3, 0.4) is 0 Å². The minimum absolute atomic E-state index is 0.0737. The predicted octanol–water partition coefficient (Wildman–Crippen LogP) is 3.42. The van der Waals surface area contributed by atoms with E-state index in [2.05, 4.69) is 36.3 Å². The van der Waals surface area contributed by atoms with Crippen molar-refractivity contribution in [2.75, 3.05) is 0 Å². The zero-order chi connectivity index (χ0) is 14.7. The Morgan fingerprint density at radius 2 is 1.71 bits per heavy atom. The Morgan fingerprint density at radius 1 is 1.00 bits per heavy atom. The number of benzene rings is 2. The molecule has 2 aromatic carbocycles. The van der Waals surface area contributed by atoms with Crippen LogP contribution in [0.25, 0.3) is 5.69 Å². The molecular formula is C18H19N3. The molecule has 3 nitrogen and oxygen atoms in total. The Hall–Kier alpha value is -2.39. The average molecular weight is 277 g/mol. The first-order valence-electron chi connectivity index (χ1n) is 7.14. The molecule has 3 rings (SSSR count). The van der Waals surface area contributed by atoms with Gasteiger partial charge in [0.15, 0.2) is 0 Å². The molecule has 106 valence electrons. The highest BCUT2D eigenvalue weighted by Gasteiger charge is 2.13. The summed E-state index contributed by atoms with van der Waals surface area (Å²) in [6, 6.07) is 20.5. The third-order valence-corrected chi connectivity index (χ3v) is 3.63. The van der Waals surface area contributed by atoms with Crippen molar-refractivity contribution in [1.29, 1.82) is 0 Å². The number of para-hydroxylation sites is 1. The normalized spacial score (nSPS) is 12.3. The minimum Gasteiger partial charge on any atom is -0.322 e. The maximum atomic E-state index is 6.39. The highest BCUT2D eigenvalue weighted by atomic mass is 15.3. The van der Waals surface area contributed by atoms with Gasteiger partial charge >= 0.3 is 0 Å². The zero-order valence-corrected chi connectivity index (χ0v) is 12.1. The van der Waals surface area contributed by atoms with Crippen LogP contribution in [0.4, 0.5) is 0 Å². The van der Waals surface area contributed by atoms with Crippen molar-refractivity contribution in [2.45, 2.75) is 19.4 Å². The number of aromatic nitrogens is 2. The number of aryl methyl sites for hydroxylation is 1. The topological polar surface area (TPSA) is 43.8 Å². The number of hydrogen-bond acceptors (Lipinski definition) is 2. The molecule has 0 aliphatic carbocycles. The Morgan fingerprint density at radius 3 is 2.43 bits per heavy atom. The van der Waals surface area contributed by atoms with Crippen LogP contribution < -0.4 is 5.73 Å². The van der Waals surface area contributed by atoms with Gasteiger partial charge in [-0.15, -0.1) is 0 Å². The number of nitrogens with zero attached hydrogens (tertiary/aromatic N) is 2. The second kappa shape index (κ2) is 5.94. The van der Waals surface area contributed by atoms with E-state index in [4.69, 9.17) is 5.73 Å². The van der Waals surface area contributed by atoms with Gasteiger partial charge in [-0.25, -0.2) is 4.68 Å². The SMILES string of the molecule is Cc1ccc(CC(N)c2ccnn2-c2ccccc2)cc1. The van der Waals surface area contributed by atoms with E-state index in [1.165, 1.54) is 11.1 Å². The van der Waals surface area contributed by atoms with E-state index in [1.54, 1.807) is 6.20 Å². The van der Waals surface area contributed by atoms with E-state index in [0.717, 1.165) is 17.8 Å². The molecule has 0 aliphatic heterocycles. The highest BCUT2D eigenvalue weighted by Crippen LogP contribution is 2.19. The molecule has 1 unspecified atom stereocenters. The quantitative estimate of drug-likeness (QED) is 0.794. The second-order valence-corrected chi connectivity index (χ2v) is 5.30. The van der Waals surface area contributed by atoms with Crippen LogP contribution >= 0.6 is 0 Å². The van der Waals surface area contributed by atoms with Crippen molar-refractivity contribution in [1.82, 2.24) is 9.78 Å². The third-order valence-electron chi connectivity index (χ3n) is 3.63. The van der Waals surface area contributed by atoms with E-state index in [1.807, 2.05) is 41.1 Å². The lowest BCUT2D eigenvalue weighted by molar-refractivity contribution is 0.654. The van der Waals surface area contributed by atoms with Gasteiger partial charge < -0.3 is 5.73 Å². The summed E-state index contributed by atoms with van der Waals surface area (Å²) in [7, 11) is 0. The third kappa shape index (κ3) is 3.03. The van der Waals surface area contributed by atoms with E-state index >= 15 is 0 Å². The Labute approximate surface area is 125 Å². The number of hydrogen-bond donors (Lipinski definition) is 1. The van der Waals surface area contributed by atoms with Crippen molar-refractivity contribution < 1.29 is 0 Å². The molecule has 0 saturated heterocycles. The van der Waals surface area contributed by atoms with Crippen molar-refractivity contribution in [3.8, 4) is 5.69 Å². The molecule has 0 aliphatic rings. The second-order valence-electron chi connectivity index (χ2n) is 5.30. The maximum Gasteiger partial charge on any atom is 0.0649 e. The van der Waals surface area contributed by atoms with Crippen molar-refractivity contribution >= 4 is 0 Å². The average Bonchev–Trinajstić information content (AvgIpc) is 3.00. The van der Waals surface area contributed by atoms with Gasteiger partial charge in [0.2, 0.25) is 0 Å². The molecule has 1 atom stereocenters. The van der Waals surface area contributed by atoms with Crippen LogP contribution in [-0.4, -0.2) is 9.78 Å². The lowest BCUT2D eigenvalue weighted by Crippen LogP contribution is -2.17. The minimum atomic E-state index is -0.0737. The molecule has 21 heavy (non-hydrogen) atoms. The summed E-state index contributed by atoms with van der Waals surface area (Å²) >= 11 is 0. The Bertz CT molecular complexity index is 699. The molecule has 0 amide bonds. The Balaban J connectivity index is 1.84.